The van der Waals surface area contributed by atoms with Crippen LogP contribution in [0.4, 0.5) is 0 Å². The number of aliphatic hydroxyl groups is 1. The lowest BCUT2D eigenvalue weighted by Gasteiger charge is -2.28. The second-order valence-electron chi connectivity index (χ2n) is 4.93. The van der Waals surface area contributed by atoms with Crippen molar-refractivity contribution in [2.45, 2.75) is 32.2 Å². The van der Waals surface area contributed by atoms with Crippen molar-refractivity contribution in [2.75, 3.05) is 6.61 Å². The molecule has 2 aromatic heterocycles. The van der Waals surface area contributed by atoms with Gasteiger partial charge >= 0.3 is 0 Å². The van der Waals surface area contributed by atoms with Crippen LogP contribution in [0.5, 0.6) is 0 Å². The van der Waals surface area contributed by atoms with E-state index in [0.29, 0.717) is 12.1 Å². The van der Waals surface area contributed by atoms with Crippen LogP contribution in [0, 0.1) is 0 Å². The summed E-state index contributed by atoms with van der Waals surface area (Å²) in [6, 6.07) is 5.62. The number of amides is 1. The summed E-state index contributed by atoms with van der Waals surface area (Å²) in [7, 11) is 0. The quantitative estimate of drug-likeness (QED) is 0.859. The van der Waals surface area contributed by atoms with E-state index >= 15 is 0 Å². The molecule has 0 saturated carbocycles. The van der Waals surface area contributed by atoms with Crippen LogP contribution in [0.2, 0.25) is 0 Å². The molecule has 0 aliphatic heterocycles. The highest BCUT2D eigenvalue weighted by molar-refractivity contribution is 5.93. The van der Waals surface area contributed by atoms with Gasteiger partial charge in [-0.1, -0.05) is 13.0 Å². The molecule has 5 heteroatoms. The zero-order chi connectivity index (χ0) is 13.9. The van der Waals surface area contributed by atoms with E-state index in [1.54, 1.807) is 6.20 Å². The Morgan fingerprint density at radius 3 is 2.95 bits per heavy atom. The third-order valence-corrected chi connectivity index (χ3v) is 3.46. The molecule has 0 saturated heterocycles. The largest absolute Gasteiger partial charge is 0.396 e. The van der Waals surface area contributed by atoms with Crippen LogP contribution >= 0.6 is 0 Å². The van der Waals surface area contributed by atoms with Crippen LogP contribution in [0.3, 0.4) is 0 Å². The van der Waals surface area contributed by atoms with E-state index in [2.05, 4.69) is 10.3 Å². The summed E-state index contributed by atoms with van der Waals surface area (Å²) in [5.41, 5.74) is 0.735. The number of aromatic nitrogens is 2. The first-order valence-electron chi connectivity index (χ1n) is 6.45. The standard InChI is InChI=1S/C14H19N3O2/c1-3-14(2,7-9-18)16-13(19)11-10-17-8-5-4-6-12(17)15-11/h4-6,8,10,18H,3,7,9H2,1-2H3,(H,16,19). The van der Waals surface area contributed by atoms with Gasteiger partial charge in [0.05, 0.1) is 0 Å². The second kappa shape index (κ2) is 5.40. The number of aliphatic hydroxyl groups excluding tert-OH is 1. The van der Waals surface area contributed by atoms with Crippen LogP contribution < -0.4 is 5.32 Å². The lowest BCUT2D eigenvalue weighted by molar-refractivity contribution is 0.0881. The van der Waals surface area contributed by atoms with Gasteiger partial charge in [0.15, 0.2) is 0 Å². The van der Waals surface area contributed by atoms with Crippen molar-refractivity contribution in [3.63, 3.8) is 0 Å². The van der Waals surface area contributed by atoms with Crippen molar-refractivity contribution < 1.29 is 9.90 Å². The number of carbonyl (C=O) groups excluding carboxylic acids is 1. The second-order valence-corrected chi connectivity index (χ2v) is 4.93. The molecule has 0 aliphatic rings. The van der Waals surface area contributed by atoms with Crippen molar-refractivity contribution in [1.29, 1.82) is 0 Å². The number of hydrogen-bond donors (Lipinski definition) is 2. The van der Waals surface area contributed by atoms with Gasteiger partial charge < -0.3 is 14.8 Å². The maximum Gasteiger partial charge on any atom is 0.271 e. The molecule has 1 amide bonds. The molecule has 0 aromatic carbocycles. The van der Waals surface area contributed by atoms with Gasteiger partial charge in [0, 0.05) is 24.5 Å². The Morgan fingerprint density at radius 2 is 2.32 bits per heavy atom. The monoisotopic (exact) mass is 261 g/mol. The van der Waals surface area contributed by atoms with E-state index in [4.69, 9.17) is 5.11 Å². The Kier molecular flexibility index (Phi) is 3.85. The molecule has 2 N–H and O–H groups in total. The molecule has 2 aromatic rings. The summed E-state index contributed by atoms with van der Waals surface area (Å²) in [4.78, 5) is 16.5. The van der Waals surface area contributed by atoms with Gasteiger partial charge in [-0.3, -0.25) is 4.79 Å². The molecule has 102 valence electrons. The molecule has 5 nitrogen and oxygen atoms in total. The third-order valence-electron chi connectivity index (χ3n) is 3.46. The summed E-state index contributed by atoms with van der Waals surface area (Å²) >= 11 is 0. The van der Waals surface area contributed by atoms with E-state index in [9.17, 15) is 4.79 Å². The fourth-order valence-corrected chi connectivity index (χ4v) is 1.96. The van der Waals surface area contributed by atoms with Crippen LogP contribution in [-0.2, 0) is 0 Å². The Balaban J connectivity index is 2.19. The minimum Gasteiger partial charge on any atom is -0.396 e. The Hall–Kier alpha value is -1.88. The maximum atomic E-state index is 12.2. The number of nitrogens with zero attached hydrogens (tertiary/aromatic N) is 2. The molecule has 0 fully saturated rings. The van der Waals surface area contributed by atoms with Gasteiger partial charge in [-0.25, -0.2) is 4.98 Å². The Morgan fingerprint density at radius 1 is 1.53 bits per heavy atom. The lowest BCUT2D eigenvalue weighted by Crippen LogP contribution is -2.46. The van der Waals surface area contributed by atoms with Crippen molar-refractivity contribution in [3.8, 4) is 0 Å². The SMILES string of the molecule is CCC(C)(CCO)NC(=O)c1cn2ccccc2n1. The van der Waals surface area contributed by atoms with Crippen molar-refractivity contribution >= 4 is 11.6 Å². The average molecular weight is 261 g/mol. The molecule has 0 aliphatic carbocycles. The van der Waals surface area contributed by atoms with Crippen LogP contribution in [0.15, 0.2) is 30.6 Å². The van der Waals surface area contributed by atoms with E-state index in [1.165, 1.54) is 0 Å². The summed E-state index contributed by atoms with van der Waals surface area (Å²) in [6.45, 7) is 3.96. The average Bonchev–Trinajstić information content (AvgIpc) is 2.83. The Labute approximate surface area is 112 Å². The summed E-state index contributed by atoms with van der Waals surface area (Å²) < 4.78 is 1.81. The van der Waals surface area contributed by atoms with Crippen LogP contribution in [0.1, 0.15) is 37.2 Å². The number of fused-ring (bicyclic) bond motifs is 1. The van der Waals surface area contributed by atoms with E-state index in [0.717, 1.165) is 12.1 Å². The maximum absolute atomic E-state index is 12.2. The number of carbonyl (C=O) groups is 1. The first-order valence-corrected chi connectivity index (χ1v) is 6.45. The van der Waals surface area contributed by atoms with Gasteiger partial charge in [-0.2, -0.15) is 0 Å². The zero-order valence-electron chi connectivity index (χ0n) is 11.3. The predicted molar refractivity (Wildman–Crippen MR) is 73.1 cm³/mol. The number of rotatable bonds is 5. The van der Waals surface area contributed by atoms with E-state index in [1.807, 2.05) is 42.6 Å². The van der Waals surface area contributed by atoms with Crippen LogP contribution in [0.25, 0.3) is 5.65 Å². The molecule has 19 heavy (non-hydrogen) atoms. The third kappa shape index (κ3) is 2.93. The first kappa shape index (κ1) is 13.5. The Bertz CT molecular complexity index is 546. The minimum absolute atomic E-state index is 0.0514. The first-order chi connectivity index (χ1) is 9.08. The van der Waals surface area contributed by atoms with Gasteiger partial charge in [0.2, 0.25) is 0 Å². The fourth-order valence-electron chi connectivity index (χ4n) is 1.96. The van der Waals surface area contributed by atoms with Gasteiger partial charge in [0.25, 0.3) is 5.91 Å². The van der Waals surface area contributed by atoms with Crippen molar-refractivity contribution in [3.05, 3.63) is 36.3 Å². The smallest absolute Gasteiger partial charge is 0.271 e. The lowest BCUT2D eigenvalue weighted by atomic mass is 9.95. The molecule has 1 unspecified atom stereocenters. The highest BCUT2D eigenvalue weighted by atomic mass is 16.3. The zero-order valence-corrected chi connectivity index (χ0v) is 11.3. The fraction of sp³-hybridized carbons (Fsp3) is 0.429. The normalized spacial score (nSPS) is 14.3. The van der Waals surface area contributed by atoms with E-state index in [-0.39, 0.29) is 12.5 Å². The van der Waals surface area contributed by atoms with E-state index < -0.39 is 5.54 Å². The van der Waals surface area contributed by atoms with Crippen LogP contribution in [-0.4, -0.2) is 32.5 Å². The van der Waals surface area contributed by atoms with Gasteiger partial charge in [-0.15, -0.1) is 0 Å². The molecule has 2 rings (SSSR count). The number of pyridine rings is 1. The topological polar surface area (TPSA) is 66.6 Å². The van der Waals surface area contributed by atoms with Crippen molar-refractivity contribution in [1.82, 2.24) is 14.7 Å². The molecule has 1 atom stereocenters. The predicted octanol–water partition coefficient (Wildman–Crippen LogP) is 1.62. The number of nitrogens with one attached hydrogen (secondary N) is 1. The highest BCUT2D eigenvalue weighted by Crippen LogP contribution is 2.15. The molecule has 0 spiro atoms. The minimum atomic E-state index is -0.401. The van der Waals surface area contributed by atoms with Crippen molar-refractivity contribution in [2.24, 2.45) is 0 Å². The molecule has 0 radical (unpaired) electrons. The molecule has 2 heterocycles. The van der Waals surface area contributed by atoms with Gasteiger partial charge in [0.1, 0.15) is 11.3 Å². The number of imidazole rings is 1. The highest BCUT2D eigenvalue weighted by Gasteiger charge is 2.25. The molecule has 0 bridgehead atoms. The summed E-state index contributed by atoms with van der Waals surface area (Å²) in [5.74, 6) is -0.207. The molecular weight excluding hydrogens is 242 g/mol. The summed E-state index contributed by atoms with van der Waals surface area (Å²) in [5, 5.41) is 12.0. The molecular formula is C14H19N3O2. The summed E-state index contributed by atoms with van der Waals surface area (Å²) in [6.07, 6.45) is 4.85. The number of hydrogen-bond acceptors (Lipinski definition) is 3. The van der Waals surface area contributed by atoms with Gasteiger partial charge in [-0.05, 0) is 31.9 Å².